The molecule has 2 aliphatic rings. The molecule has 0 aromatic rings. The van der Waals surface area contributed by atoms with Crippen LogP contribution in [0.4, 0.5) is 4.79 Å². The van der Waals surface area contributed by atoms with Gasteiger partial charge < -0.3 is 15.3 Å². The summed E-state index contributed by atoms with van der Waals surface area (Å²) in [5.41, 5.74) is -0.995. The lowest BCUT2D eigenvalue weighted by Gasteiger charge is -2.35. The van der Waals surface area contributed by atoms with E-state index in [4.69, 9.17) is 0 Å². The third-order valence-corrected chi connectivity index (χ3v) is 4.72. The molecule has 5 heteroatoms. The Kier molecular flexibility index (Phi) is 5.26. The molecule has 2 N–H and O–H groups in total. The number of hydrogen-bond acceptors (Lipinski definition) is 2. The molecule has 21 heavy (non-hydrogen) atoms. The van der Waals surface area contributed by atoms with Gasteiger partial charge in [0.2, 0.25) is 0 Å². The molecule has 0 aromatic carbocycles. The third-order valence-electron chi connectivity index (χ3n) is 4.72. The molecule has 0 radical (unpaired) electrons. The quantitative estimate of drug-likeness (QED) is 0.766. The molecule has 1 saturated heterocycles. The summed E-state index contributed by atoms with van der Waals surface area (Å²) in [4.78, 5) is 25.7. The van der Waals surface area contributed by atoms with Gasteiger partial charge in [-0.05, 0) is 44.4 Å². The first-order chi connectivity index (χ1) is 10.1. The van der Waals surface area contributed by atoms with Gasteiger partial charge in [0, 0.05) is 13.1 Å². The van der Waals surface area contributed by atoms with Crippen molar-refractivity contribution in [2.45, 2.75) is 57.4 Å². The van der Waals surface area contributed by atoms with Gasteiger partial charge in [-0.25, -0.2) is 9.59 Å². The molecule has 1 aliphatic carbocycles. The highest BCUT2D eigenvalue weighted by atomic mass is 16.4. The third kappa shape index (κ3) is 3.39. The number of carboxylic acid groups (broad SMARTS) is 1. The number of urea groups is 1. The number of rotatable bonds is 5. The minimum Gasteiger partial charge on any atom is -0.479 e. The monoisotopic (exact) mass is 294 g/mol. The first kappa shape index (κ1) is 15.9. The van der Waals surface area contributed by atoms with Crippen molar-refractivity contribution < 1.29 is 14.7 Å². The van der Waals surface area contributed by atoms with Crippen LogP contribution < -0.4 is 5.32 Å². The van der Waals surface area contributed by atoms with Crippen molar-refractivity contribution in [3.8, 4) is 0 Å². The Hall–Kier alpha value is -1.52. The first-order valence-corrected chi connectivity index (χ1v) is 8.04. The molecule has 2 amide bonds. The van der Waals surface area contributed by atoms with E-state index in [0.717, 1.165) is 32.1 Å². The Labute approximate surface area is 126 Å². The fourth-order valence-electron chi connectivity index (χ4n) is 3.55. The zero-order valence-electron chi connectivity index (χ0n) is 12.8. The van der Waals surface area contributed by atoms with E-state index in [0.29, 0.717) is 31.8 Å². The summed E-state index contributed by atoms with van der Waals surface area (Å²) in [5.74, 6) is -0.385. The number of carbonyl (C=O) groups excluding carboxylic acids is 1. The number of likely N-dealkylation sites (tertiary alicyclic amines) is 1. The Morgan fingerprint density at radius 3 is 2.86 bits per heavy atom. The maximum Gasteiger partial charge on any atom is 0.329 e. The molecule has 1 heterocycles. The standard InChI is InChI=1S/C16H26N2O3/c1-2-9-16(14(19)20)10-6-11-18(16)15(21)17-12-13-7-4-3-5-8-13/h3-4,13H,2,5-12H2,1H3,(H,17,21)(H,19,20). The second-order valence-electron chi connectivity index (χ2n) is 6.18. The fourth-order valence-corrected chi connectivity index (χ4v) is 3.55. The van der Waals surface area contributed by atoms with Crippen molar-refractivity contribution in [2.24, 2.45) is 5.92 Å². The summed E-state index contributed by atoms with van der Waals surface area (Å²) in [6.45, 7) is 3.15. The highest BCUT2D eigenvalue weighted by molar-refractivity contribution is 5.87. The van der Waals surface area contributed by atoms with Crippen molar-refractivity contribution >= 4 is 12.0 Å². The number of allylic oxidation sites excluding steroid dienone is 2. The molecular weight excluding hydrogens is 268 g/mol. The summed E-state index contributed by atoms with van der Waals surface area (Å²) < 4.78 is 0. The summed E-state index contributed by atoms with van der Waals surface area (Å²) in [7, 11) is 0. The number of aliphatic carboxylic acids is 1. The van der Waals surface area contributed by atoms with Crippen LogP contribution in [0.1, 0.15) is 51.9 Å². The SMILES string of the molecule is CCCC1(C(=O)O)CCCN1C(=O)NCC1CC=CCC1. The van der Waals surface area contributed by atoms with Gasteiger partial charge in [-0.15, -0.1) is 0 Å². The van der Waals surface area contributed by atoms with E-state index in [9.17, 15) is 14.7 Å². The summed E-state index contributed by atoms with van der Waals surface area (Å²) in [6, 6.07) is -0.210. The number of amides is 2. The van der Waals surface area contributed by atoms with Gasteiger partial charge in [0.05, 0.1) is 0 Å². The predicted octanol–water partition coefficient (Wildman–Crippen LogP) is 2.77. The molecule has 0 bridgehead atoms. The number of carboxylic acids is 1. The number of carbonyl (C=O) groups is 2. The maximum atomic E-state index is 12.4. The molecule has 2 unspecified atom stereocenters. The van der Waals surface area contributed by atoms with Gasteiger partial charge in [-0.2, -0.15) is 0 Å². The Balaban J connectivity index is 1.96. The van der Waals surface area contributed by atoms with E-state index in [1.54, 1.807) is 4.90 Å². The number of nitrogens with one attached hydrogen (secondary N) is 1. The lowest BCUT2D eigenvalue weighted by atomic mass is 9.91. The van der Waals surface area contributed by atoms with Gasteiger partial charge in [-0.1, -0.05) is 25.5 Å². The van der Waals surface area contributed by atoms with Crippen LogP contribution in [-0.2, 0) is 4.79 Å². The van der Waals surface area contributed by atoms with Crippen molar-refractivity contribution in [1.29, 1.82) is 0 Å². The van der Waals surface area contributed by atoms with E-state index in [2.05, 4.69) is 17.5 Å². The van der Waals surface area contributed by atoms with Gasteiger partial charge in [0.25, 0.3) is 0 Å². The molecule has 0 saturated carbocycles. The average Bonchev–Trinajstić information content (AvgIpc) is 2.91. The second-order valence-corrected chi connectivity index (χ2v) is 6.18. The Morgan fingerprint density at radius 2 is 2.24 bits per heavy atom. The van der Waals surface area contributed by atoms with Crippen LogP contribution in [0.5, 0.6) is 0 Å². The van der Waals surface area contributed by atoms with Crippen molar-refractivity contribution in [2.75, 3.05) is 13.1 Å². The molecule has 118 valence electrons. The van der Waals surface area contributed by atoms with Crippen LogP contribution in [0.3, 0.4) is 0 Å². The largest absolute Gasteiger partial charge is 0.479 e. The molecular formula is C16H26N2O3. The van der Waals surface area contributed by atoms with Crippen LogP contribution in [0, 0.1) is 5.92 Å². The first-order valence-electron chi connectivity index (χ1n) is 8.04. The van der Waals surface area contributed by atoms with Gasteiger partial charge in [0.15, 0.2) is 0 Å². The molecule has 1 aliphatic heterocycles. The lowest BCUT2D eigenvalue weighted by molar-refractivity contribution is -0.148. The maximum absolute atomic E-state index is 12.4. The molecule has 5 nitrogen and oxygen atoms in total. The molecule has 2 rings (SSSR count). The molecule has 0 spiro atoms. The van der Waals surface area contributed by atoms with Crippen LogP contribution in [0.2, 0.25) is 0 Å². The van der Waals surface area contributed by atoms with E-state index in [1.165, 1.54) is 0 Å². The molecule has 2 atom stereocenters. The highest BCUT2D eigenvalue weighted by Crippen LogP contribution is 2.34. The minimum absolute atomic E-state index is 0.210. The van der Waals surface area contributed by atoms with E-state index < -0.39 is 11.5 Å². The van der Waals surface area contributed by atoms with Crippen molar-refractivity contribution in [3.05, 3.63) is 12.2 Å². The Morgan fingerprint density at radius 1 is 1.43 bits per heavy atom. The number of nitrogens with zero attached hydrogens (tertiary/aromatic N) is 1. The number of hydrogen-bond donors (Lipinski definition) is 2. The molecule has 0 aromatic heterocycles. The predicted molar refractivity (Wildman–Crippen MR) is 81.1 cm³/mol. The fraction of sp³-hybridized carbons (Fsp3) is 0.750. The van der Waals surface area contributed by atoms with Crippen LogP contribution in [-0.4, -0.2) is 40.6 Å². The summed E-state index contributed by atoms with van der Waals surface area (Å²) >= 11 is 0. The van der Waals surface area contributed by atoms with Gasteiger partial charge in [0.1, 0.15) is 5.54 Å². The van der Waals surface area contributed by atoms with E-state index in [-0.39, 0.29) is 6.03 Å². The van der Waals surface area contributed by atoms with Crippen molar-refractivity contribution in [1.82, 2.24) is 10.2 Å². The lowest BCUT2D eigenvalue weighted by Crippen LogP contribution is -2.56. The second kappa shape index (κ2) is 6.96. The minimum atomic E-state index is -0.995. The van der Waals surface area contributed by atoms with Crippen LogP contribution in [0.25, 0.3) is 0 Å². The Bertz CT molecular complexity index is 422. The van der Waals surface area contributed by atoms with Gasteiger partial charge in [-0.3, -0.25) is 0 Å². The zero-order chi connectivity index (χ0) is 15.3. The van der Waals surface area contributed by atoms with Crippen molar-refractivity contribution in [3.63, 3.8) is 0 Å². The summed E-state index contributed by atoms with van der Waals surface area (Å²) in [5, 5.41) is 12.6. The van der Waals surface area contributed by atoms with E-state index >= 15 is 0 Å². The normalized spacial score (nSPS) is 28.6. The average molecular weight is 294 g/mol. The zero-order valence-corrected chi connectivity index (χ0v) is 12.8. The summed E-state index contributed by atoms with van der Waals surface area (Å²) in [6.07, 6.45) is 10.1. The molecule has 1 fully saturated rings. The van der Waals surface area contributed by atoms with Crippen LogP contribution >= 0.6 is 0 Å². The highest BCUT2D eigenvalue weighted by Gasteiger charge is 2.49. The topological polar surface area (TPSA) is 69.6 Å². The van der Waals surface area contributed by atoms with Gasteiger partial charge >= 0.3 is 12.0 Å². The van der Waals surface area contributed by atoms with Crippen LogP contribution in [0.15, 0.2) is 12.2 Å². The smallest absolute Gasteiger partial charge is 0.329 e. The van der Waals surface area contributed by atoms with E-state index in [1.807, 2.05) is 6.92 Å².